The zero-order chi connectivity index (χ0) is 21.3. The number of carbonyl (C=O) groups is 1. The van der Waals surface area contributed by atoms with E-state index in [1.54, 1.807) is 41.1 Å². The van der Waals surface area contributed by atoms with Crippen molar-refractivity contribution in [3.8, 4) is 16.9 Å². The normalized spacial score (nSPS) is 10.8. The Hall–Kier alpha value is -3.44. The van der Waals surface area contributed by atoms with Crippen LogP contribution in [0, 0.1) is 19.7 Å². The molecule has 4 nitrogen and oxygen atoms in total. The maximum atomic E-state index is 13.3. The van der Waals surface area contributed by atoms with Crippen LogP contribution < -0.4 is 5.32 Å². The molecule has 4 rings (SSSR count). The highest BCUT2D eigenvalue weighted by atomic mass is 35.5. The molecule has 3 aromatic carbocycles. The number of hydrogen-bond donors (Lipinski definition) is 1. The minimum atomic E-state index is -0.333. The number of aromatic nitrogens is 2. The van der Waals surface area contributed by atoms with Crippen LogP contribution in [0.2, 0.25) is 5.02 Å². The number of amides is 1. The highest BCUT2D eigenvalue weighted by Crippen LogP contribution is 2.24. The first-order valence-corrected chi connectivity index (χ1v) is 9.79. The fourth-order valence-electron chi connectivity index (χ4n) is 3.12. The molecule has 0 aliphatic rings. The summed E-state index contributed by atoms with van der Waals surface area (Å²) in [6.07, 6.45) is 0. The SMILES string of the molecule is Cc1ccc(NC(=O)c2cc(-c3ccc(F)cc3)nn2-c2cccc(Cl)c2)cc1C. The van der Waals surface area contributed by atoms with Crippen LogP contribution in [-0.2, 0) is 0 Å². The number of carbonyl (C=O) groups excluding carboxylic acids is 1. The van der Waals surface area contributed by atoms with E-state index in [-0.39, 0.29) is 11.7 Å². The molecule has 0 aliphatic carbocycles. The molecular formula is C24H19ClFN3O. The molecule has 1 heterocycles. The number of hydrogen-bond acceptors (Lipinski definition) is 2. The molecule has 0 unspecified atom stereocenters. The molecule has 0 spiro atoms. The molecule has 1 N–H and O–H groups in total. The molecule has 0 radical (unpaired) electrons. The summed E-state index contributed by atoms with van der Waals surface area (Å²) in [5.41, 5.74) is 5.19. The summed E-state index contributed by atoms with van der Waals surface area (Å²) in [7, 11) is 0. The molecule has 0 saturated carbocycles. The lowest BCUT2D eigenvalue weighted by molar-refractivity contribution is 0.101. The lowest BCUT2D eigenvalue weighted by Crippen LogP contribution is -2.17. The van der Waals surface area contributed by atoms with Crippen LogP contribution >= 0.6 is 11.6 Å². The number of nitrogens with zero attached hydrogens (tertiary/aromatic N) is 2. The van der Waals surface area contributed by atoms with Crippen molar-refractivity contribution in [1.29, 1.82) is 0 Å². The maximum absolute atomic E-state index is 13.3. The third-order valence-electron chi connectivity index (χ3n) is 4.90. The highest BCUT2D eigenvalue weighted by Gasteiger charge is 2.18. The number of aryl methyl sites for hydroxylation is 2. The Labute approximate surface area is 178 Å². The maximum Gasteiger partial charge on any atom is 0.274 e. The smallest absolute Gasteiger partial charge is 0.274 e. The van der Waals surface area contributed by atoms with Crippen molar-refractivity contribution in [1.82, 2.24) is 9.78 Å². The summed E-state index contributed by atoms with van der Waals surface area (Å²) in [6, 6.07) is 20.5. The van der Waals surface area contributed by atoms with Gasteiger partial charge in [0.15, 0.2) is 0 Å². The van der Waals surface area contributed by atoms with Gasteiger partial charge >= 0.3 is 0 Å². The van der Waals surface area contributed by atoms with E-state index in [4.69, 9.17) is 11.6 Å². The van der Waals surface area contributed by atoms with Crippen LogP contribution in [-0.4, -0.2) is 15.7 Å². The van der Waals surface area contributed by atoms with Gasteiger partial charge in [0, 0.05) is 16.3 Å². The van der Waals surface area contributed by atoms with E-state index >= 15 is 0 Å². The third-order valence-corrected chi connectivity index (χ3v) is 5.13. The lowest BCUT2D eigenvalue weighted by Gasteiger charge is -2.10. The molecule has 0 aliphatic heterocycles. The summed E-state index contributed by atoms with van der Waals surface area (Å²) in [4.78, 5) is 13.1. The minimum Gasteiger partial charge on any atom is -0.321 e. The Bertz CT molecular complexity index is 1230. The average molecular weight is 420 g/mol. The second-order valence-corrected chi connectivity index (χ2v) is 7.50. The minimum absolute atomic E-state index is 0.306. The molecule has 0 fully saturated rings. The summed E-state index contributed by atoms with van der Waals surface area (Å²) in [5.74, 6) is -0.639. The van der Waals surface area contributed by atoms with E-state index in [1.807, 2.05) is 38.1 Å². The van der Waals surface area contributed by atoms with Crippen LogP contribution in [0.25, 0.3) is 16.9 Å². The van der Waals surface area contributed by atoms with Gasteiger partial charge in [-0.05, 0) is 85.6 Å². The second kappa shape index (κ2) is 8.13. The highest BCUT2D eigenvalue weighted by molar-refractivity contribution is 6.30. The van der Waals surface area contributed by atoms with Crippen molar-refractivity contribution in [3.63, 3.8) is 0 Å². The molecule has 1 amide bonds. The van der Waals surface area contributed by atoms with Gasteiger partial charge in [0.1, 0.15) is 11.5 Å². The van der Waals surface area contributed by atoms with Gasteiger partial charge in [-0.15, -0.1) is 0 Å². The van der Waals surface area contributed by atoms with Crippen molar-refractivity contribution in [2.24, 2.45) is 0 Å². The van der Waals surface area contributed by atoms with Gasteiger partial charge in [0.2, 0.25) is 0 Å². The van der Waals surface area contributed by atoms with Crippen LogP contribution in [0.1, 0.15) is 21.6 Å². The molecule has 150 valence electrons. The molecule has 1 aromatic heterocycles. The Morgan fingerprint density at radius 2 is 1.73 bits per heavy atom. The first-order chi connectivity index (χ1) is 14.4. The van der Waals surface area contributed by atoms with Crippen molar-refractivity contribution >= 4 is 23.2 Å². The van der Waals surface area contributed by atoms with E-state index in [9.17, 15) is 9.18 Å². The fourth-order valence-corrected chi connectivity index (χ4v) is 3.31. The molecular weight excluding hydrogens is 401 g/mol. The second-order valence-electron chi connectivity index (χ2n) is 7.07. The fraction of sp³-hybridized carbons (Fsp3) is 0.0833. The molecule has 0 bridgehead atoms. The van der Waals surface area contributed by atoms with Crippen molar-refractivity contribution < 1.29 is 9.18 Å². The Morgan fingerprint density at radius 1 is 0.967 bits per heavy atom. The van der Waals surface area contributed by atoms with Gasteiger partial charge in [-0.3, -0.25) is 4.79 Å². The Kier molecular flexibility index (Phi) is 5.38. The average Bonchev–Trinajstić information content (AvgIpc) is 3.17. The van der Waals surface area contributed by atoms with E-state index in [0.29, 0.717) is 33.3 Å². The molecule has 6 heteroatoms. The number of rotatable bonds is 4. The van der Waals surface area contributed by atoms with Gasteiger partial charge in [0.05, 0.1) is 11.4 Å². The topological polar surface area (TPSA) is 46.9 Å². The first kappa shape index (κ1) is 19.9. The van der Waals surface area contributed by atoms with Crippen LogP contribution in [0.3, 0.4) is 0 Å². The standard InChI is InChI=1S/C24H19ClFN3O/c1-15-6-11-20(12-16(15)2)27-24(30)23-14-22(17-7-9-19(26)10-8-17)28-29(23)21-5-3-4-18(25)13-21/h3-14H,1-2H3,(H,27,30). The predicted octanol–water partition coefficient (Wildman–Crippen LogP) is 6.20. The van der Waals surface area contributed by atoms with Crippen LogP contribution in [0.5, 0.6) is 0 Å². The summed E-state index contributed by atoms with van der Waals surface area (Å²) in [5, 5.41) is 8.06. The molecule has 4 aromatic rings. The van der Waals surface area contributed by atoms with E-state index < -0.39 is 0 Å². The van der Waals surface area contributed by atoms with Crippen LogP contribution in [0.15, 0.2) is 72.8 Å². The molecule has 0 atom stereocenters. The van der Waals surface area contributed by atoms with Crippen molar-refractivity contribution in [2.75, 3.05) is 5.32 Å². The van der Waals surface area contributed by atoms with Gasteiger partial charge in [0.25, 0.3) is 5.91 Å². The molecule has 30 heavy (non-hydrogen) atoms. The van der Waals surface area contributed by atoms with E-state index in [0.717, 1.165) is 11.1 Å². The number of nitrogens with one attached hydrogen (secondary N) is 1. The Balaban J connectivity index is 1.77. The summed E-state index contributed by atoms with van der Waals surface area (Å²) >= 11 is 6.15. The monoisotopic (exact) mass is 419 g/mol. The van der Waals surface area contributed by atoms with E-state index in [1.165, 1.54) is 12.1 Å². The zero-order valence-corrected chi connectivity index (χ0v) is 17.2. The van der Waals surface area contributed by atoms with Crippen LogP contribution in [0.4, 0.5) is 10.1 Å². The number of benzene rings is 3. The number of halogens is 2. The van der Waals surface area contributed by atoms with Gasteiger partial charge in [-0.2, -0.15) is 5.10 Å². The van der Waals surface area contributed by atoms with E-state index in [2.05, 4.69) is 10.4 Å². The van der Waals surface area contributed by atoms with Gasteiger partial charge < -0.3 is 5.32 Å². The zero-order valence-electron chi connectivity index (χ0n) is 16.5. The predicted molar refractivity (Wildman–Crippen MR) is 118 cm³/mol. The summed E-state index contributed by atoms with van der Waals surface area (Å²) in [6.45, 7) is 4.01. The van der Waals surface area contributed by atoms with Crippen molar-refractivity contribution in [2.45, 2.75) is 13.8 Å². The summed E-state index contributed by atoms with van der Waals surface area (Å²) < 4.78 is 14.9. The lowest BCUT2D eigenvalue weighted by atomic mass is 10.1. The molecule has 0 saturated heterocycles. The Morgan fingerprint density at radius 3 is 2.43 bits per heavy atom. The first-order valence-electron chi connectivity index (χ1n) is 9.41. The largest absolute Gasteiger partial charge is 0.321 e. The van der Waals surface area contributed by atoms with Crippen molar-refractivity contribution in [3.05, 3.63) is 100 Å². The van der Waals surface area contributed by atoms with Gasteiger partial charge in [-0.1, -0.05) is 23.7 Å². The quantitative estimate of drug-likeness (QED) is 0.428. The number of anilines is 1. The van der Waals surface area contributed by atoms with Gasteiger partial charge in [-0.25, -0.2) is 9.07 Å². The third kappa shape index (κ3) is 4.11.